The Bertz CT molecular complexity index is 1040. The summed E-state index contributed by atoms with van der Waals surface area (Å²) in [5.74, 6) is 1.49. The van der Waals surface area contributed by atoms with Crippen LogP contribution >= 0.6 is 0 Å². The van der Waals surface area contributed by atoms with Crippen molar-refractivity contribution in [3.8, 4) is 11.5 Å². The van der Waals surface area contributed by atoms with Crippen LogP contribution in [0.4, 0.5) is 0 Å². The Morgan fingerprint density at radius 1 is 1.07 bits per heavy atom. The third-order valence-corrected chi connectivity index (χ3v) is 5.67. The monoisotopic (exact) mass is 386 g/mol. The van der Waals surface area contributed by atoms with Gasteiger partial charge in [0, 0.05) is 18.9 Å². The van der Waals surface area contributed by atoms with E-state index in [4.69, 9.17) is 9.47 Å². The molecule has 0 N–H and O–H groups in total. The van der Waals surface area contributed by atoms with Gasteiger partial charge in [0.05, 0.1) is 11.6 Å². The van der Waals surface area contributed by atoms with Crippen molar-refractivity contribution in [2.24, 2.45) is 0 Å². The van der Waals surface area contributed by atoms with Gasteiger partial charge >= 0.3 is 0 Å². The highest BCUT2D eigenvalue weighted by molar-refractivity contribution is 5.94. The minimum absolute atomic E-state index is 0.00234. The number of carbonyl (C=O) groups is 1. The first-order chi connectivity index (χ1) is 14.3. The quantitative estimate of drug-likeness (QED) is 0.661. The van der Waals surface area contributed by atoms with E-state index in [1.165, 1.54) is 11.1 Å². The van der Waals surface area contributed by atoms with E-state index in [2.05, 4.69) is 29.2 Å². The van der Waals surface area contributed by atoms with Crippen LogP contribution in [0.25, 0.3) is 0 Å². The van der Waals surface area contributed by atoms with E-state index >= 15 is 0 Å². The SMILES string of the molecule is O=C(c1cccnc1)N(Cc1ccc2c(c1)OCO2)[C@H]1CCCc2ccccc21. The van der Waals surface area contributed by atoms with Crippen molar-refractivity contribution in [2.45, 2.75) is 31.8 Å². The highest BCUT2D eigenvalue weighted by atomic mass is 16.7. The van der Waals surface area contributed by atoms with Crippen LogP contribution in [0.3, 0.4) is 0 Å². The fraction of sp³-hybridized carbons (Fsp3) is 0.250. The summed E-state index contributed by atoms with van der Waals surface area (Å²) in [5.41, 5.74) is 4.21. The van der Waals surface area contributed by atoms with Crippen molar-refractivity contribution in [1.82, 2.24) is 9.88 Å². The number of aromatic nitrogens is 1. The molecule has 3 aromatic rings. The van der Waals surface area contributed by atoms with Crippen molar-refractivity contribution in [1.29, 1.82) is 0 Å². The van der Waals surface area contributed by atoms with Crippen LogP contribution in [-0.2, 0) is 13.0 Å². The molecule has 1 aromatic heterocycles. The van der Waals surface area contributed by atoms with Gasteiger partial charge in [-0.1, -0.05) is 30.3 Å². The topological polar surface area (TPSA) is 51.7 Å². The van der Waals surface area contributed by atoms with Gasteiger partial charge in [-0.3, -0.25) is 9.78 Å². The van der Waals surface area contributed by atoms with E-state index in [0.29, 0.717) is 12.1 Å². The third kappa shape index (κ3) is 3.44. The maximum absolute atomic E-state index is 13.5. The number of benzene rings is 2. The van der Waals surface area contributed by atoms with Crippen LogP contribution in [0.5, 0.6) is 11.5 Å². The van der Waals surface area contributed by atoms with E-state index in [-0.39, 0.29) is 18.7 Å². The predicted octanol–water partition coefficient (Wildman–Crippen LogP) is 4.53. The Labute approximate surface area is 169 Å². The largest absolute Gasteiger partial charge is 0.454 e. The molecule has 0 bridgehead atoms. The minimum Gasteiger partial charge on any atom is -0.454 e. The lowest BCUT2D eigenvalue weighted by Gasteiger charge is -2.36. The van der Waals surface area contributed by atoms with Crippen LogP contribution in [0, 0.1) is 0 Å². The van der Waals surface area contributed by atoms with Gasteiger partial charge in [0.25, 0.3) is 5.91 Å². The highest BCUT2D eigenvalue weighted by Gasteiger charge is 2.30. The fourth-order valence-electron chi connectivity index (χ4n) is 4.27. The molecule has 5 heteroatoms. The molecule has 0 saturated carbocycles. The Kier molecular flexibility index (Phi) is 4.64. The lowest BCUT2D eigenvalue weighted by molar-refractivity contribution is 0.0637. The number of amides is 1. The average molecular weight is 386 g/mol. The number of fused-ring (bicyclic) bond motifs is 2. The van der Waals surface area contributed by atoms with Crippen molar-refractivity contribution in [3.05, 3.63) is 89.2 Å². The second-order valence-corrected chi connectivity index (χ2v) is 7.47. The maximum Gasteiger partial charge on any atom is 0.256 e. The zero-order valence-corrected chi connectivity index (χ0v) is 16.1. The summed E-state index contributed by atoms with van der Waals surface area (Å²) in [6.45, 7) is 0.747. The Balaban J connectivity index is 1.52. The van der Waals surface area contributed by atoms with Gasteiger partial charge in [0.15, 0.2) is 11.5 Å². The van der Waals surface area contributed by atoms with Gasteiger partial charge < -0.3 is 14.4 Å². The summed E-state index contributed by atoms with van der Waals surface area (Å²) in [6, 6.07) is 18.0. The number of pyridine rings is 1. The molecule has 2 aliphatic rings. The molecule has 0 fully saturated rings. The van der Waals surface area contributed by atoms with Crippen LogP contribution in [0.15, 0.2) is 67.0 Å². The van der Waals surface area contributed by atoms with Gasteiger partial charge in [-0.05, 0) is 60.2 Å². The van der Waals surface area contributed by atoms with Crippen molar-refractivity contribution in [2.75, 3.05) is 6.79 Å². The maximum atomic E-state index is 13.5. The van der Waals surface area contributed by atoms with E-state index in [1.54, 1.807) is 18.5 Å². The first-order valence-corrected chi connectivity index (χ1v) is 9.97. The molecule has 29 heavy (non-hydrogen) atoms. The van der Waals surface area contributed by atoms with E-state index < -0.39 is 0 Å². The standard InChI is InChI=1S/C24H22N2O3/c27-24(19-7-4-12-25-14-19)26(15-17-10-11-22-23(13-17)29-16-28-22)21-9-3-6-18-5-1-2-8-20(18)21/h1-2,4-5,7-8,10-14,21H,3,6,9,15-16H2/t21-/m0/s1. The molecule has 5 nitrogen and oxygen atoms in total. The Morgan fingerprint density at radius 3 is 2.86 bits per heavy atom. The molecule has 1 atom stereocenters. The fourth-order valence-corrected chi connectivity index (χ4v) is 4.27. The lowest BCUT2D eigenvalue weighted by Crippen LogP contribution is -2.36. The molecule has 1 aliphatic carbocycles. The summed E-state index contributed by atoms with van der Waals surface area (Å²) in [6.07, 6.45) is 6.41. The molecule has 0 radical (unpaired) electrons. The molecule has 2 aromatic carbocycles. The van der Waals surface area contributed by atoms with E-state index in [1.807, 2.05) is 29.2 Å². The molecule has 0 unspecified atom stereocenters. The molecule has 0 spiro atoms. The second-order valence-electron chi connectivity index (χ2n) is 7.47. The second kappa shape index (κ2) is 7.59. The summed E-state index contributed by atoms with van der Waals surface area (Å²) in [4.78, 5) is 19.6. The van der Waals surface area contributed by atoms with E-state index in [0.717, 1.165) is 36.3 Å². The molecule has 5 rings (SSSR count). The van der Waals surface area contributed by atoms with Crippen LogP contribution < -0.4 is 9.47 Å². The number of hydrogen-bond donors (Lipinski definition) is 0. The highest BCUT2D eigenvalue weighted by Crippen LogP contribution is 2.37. The van der Waals surface area contributed by atoms with Crippen molar-refractivity contribution in [3.63, 3.8) is 0 Å². The number of aryl methyl sites for hydroxylation is 1. The van der Waals surface area contributed by atoms with Crippen LogP contribution in [-0.4, -0.2) is 22.6 Å². The number of hydrogen-bond acceptors (Lipinski definition) is 4. The summed E-state index contributed by atoms with van der Waals surface area (Å²) in [7, 11) is 0. The molecule has 0 saturated heterocycles. The van der Waals surface area contributed by atoms with Gasteiger partial charge in [-0.25, -0.2) is 0 Å². The molecular formula is C24H22N2O3. The average Bonchev–Trinajstić information content (AvgIpc) is 3.25. The zero-order valence-electron chi connectivity index (χ0n) is 16.1. The summed E-state index contributed by atoms with van der Waals surface area (Å²) >= 11 is 0. The zero-order chi connectivity index (χ0) is 19.6. The van der Waals surface area contributed by atoms with Crippen molar-refractivity contribution >= 4 is 5.91 Å². The van der Waals surface area contributed by atoms with Gasteiger partial charge in [-0.2, -0.15) is 0 Å². The van der Waals surface area contributed by atoms with Crippen LogP contribution in [0.2, 0.25) is 0 Å². The van der Waals surface area contributed by atoms with Crippen LogP contribution in [0.1, 0.15) is 45.9 Å². The lowest BCUT2D eigenvalue weighted by atomic mass is 9.86. The first-order valence-electron chi connectivity index (χ1n) is 9.97. The Morgan fingerprint density at radius 2 is 1.97 bits per heavy atom. The number of nitrogens with zero attached hydrogens (tertiary/aromatic N) is 2. The summed E-state index contributed by atoms with van der Waals surface area (Å²) in [5, 5.41) is 0. The van der Waals surface area contributed by atoms with E-state index in [9.17, 15) is 4.79 Å². The molecule has 1 amide bonds. The smallest absolute Gasteiger partial charge is 0.256 e. The number of rotatable bonds is 4. The predicted molar refractivity (Wildman–Crippen MR) is 109 cm³/mol. The van der Waals surface area contributed by atoms with Gasteiger partial charge in [0.2, 0.25) is 6.79 Å². The molecule has 146 valence electrons. The number of ether oxygens (including phenoxy) is 2. The Hall–Kier alpha value is -3.34. The first kappa shape index (κ1) is 17.7. The normalized spacial score (nSPS) is 16.9. The molecular weight excluding hydrogens is 364 g/mol. The minimum atomic E-state index is -0.00234. The van der Waals surface area contributed by atoms with Crippen molar-refractivity contribution < 1.29 is 14.3 Å². The third-order valence-electron chi connectivity index (χ3n) is 5.67. The summed E-state index contributed by atoms with van der Waals surface area (Å²) < 4.78 is 11.0. The molecule has 1 aliphatic heterocycles. The molecule has 2 heterocycles. The van der Waals surface area contributed by atoms with Gasteiger partial charge in [-0.15, -0.1) is 0 Å². The van der Waals surface area contributed by atoms with Gasteiger partial charge in [0.1, 0.15) is 0 Å². The number of carbonyl (C=O) groups excluding carboxylic acids is 1.